The highest BCUT2D eigenvalue weighted by atomic mass is 35.5. The molecule has 1 aromatic rings. The summed E-state index contributed by atoms with van der Waals surface area (Å²) >= 11 is 5.90. The number of sulfone groups is 1. The quantitative estimate of drug-likeness (QED) is 0.696. The lowest BCUT2D eigenvalue weighted by Crippen LogP contribution is -2.49. The third-order valence-electron chi connectivity index (χ3n) is 5.82. The smallest absolute Gasteiger partial charge is 0.325 e. The van der Waals surface area contributed by atoms with Gasteiger partial charge in [0.2, 0.25) is 5.91 Å². The van der Waals surface area contributed by atoms with Crippen LogP contribution in [0.25, 0.3) is 0 Å². The fraction of sp³-hybridized carbons (Fsp3) is 0.526. The second-order valence-electron chi connectivity index (χ2n) is 8.04. The van der Waals surface area contributed by atoms with E-state index in [1.807, 2.05) is 0 Å². The summed E-state index contributed by atoms with van der Waals surface area (Å²) in [5.41, 5.74) is -0.723. The predicted octanol–water partition coefficient (Wildman–Crippen LogP) is 1.29. The van der Waals surface area contributed by atoms with Crippen LogP contribution in [0.3, 0.4) is 0 Å². The number of benzene rings is 1. The summed E-state index contributed by atoms with van der Waals surface area (Å²) in [5, 5.41) is 3.17. The second-order valence-corrected chi connectivity index (χ2v) is 10.7. The van der Waals surface area contributed by atoms with E-state index < -0.39 is 39.8 Å². The van der Waals surface area contributed by atoms with E-state index in [-0.39, 0.29) is 23.6 Å². The molecular weight excluding hydrogens is 418 g/mol. The molecule has 1 aromatic carbocycles. The monoisotopic (exact) mass is 439 g/mol. The number of hydrogen-bond acceptors (Lipinski definition) is 5. The zero-order valence-corrected chi connectivity index (χ0v) is 17.5. The fourth-order valence-corrected chi connectivity index (χ4v) is 5.93. The molecule has 2 aliphatic heterocycles. The standard InChI is InChI=1S/C19H22ClN3O5S/c1-19(12-2-4-13(20)5-3-12)17(25)22(18(26)21-19)10-16(24)23(14-6-7-14)15-8-9-29(27,28)11-15/h2-5,14-15H,6-11H2,1H3,(H,21,26)/t15-,19+/m1/s1. The molecule has 0 unspecified atom stereocenters. The van der Waals surface area contributed by atoms with Gasteiger partial charge in [-0.15, -0.1) is 0 Å². The molecule has 2 atom stereocenters. The van der Waals surface area contributed by atoms with Crippen LogP contribution in [0.4, 0.5) is 4.79 Å². The molecule has 4 amide bonds. The van der Waals surface area contributed by atoms with Crippen LogP contribution in [0.5, 0.6) is 0 Å². The van der Waals surface area contributed by atoms with Gasteiger partial charge in [-0.05, 0) is 43.9 Å². The van der Waals surface area contributed by atoms with E-state index in [0.29, 0.717) is 17.0 Å². The molecular formula is C19H22ClN3O5S. The Balaban J connectivity index is 1.52. The predicted molar refractivity (Wildman–Crippen MR) is 106 cm³/mol. The van der Waals surface area contributed by atoms with Crippen molar-refractivity contribution in [3.8, 4) is 0 Å². The highest BCUT2D eigenvalue weighted by molar-refractivity contribution is 7.91. The number of halogens is 1. The number of imide groups is 1. The lowest BCUT2D eigenvalue weighted by atomic mass is 9.92. The molecule has 0 spiro atoms. The minimum absolute atomic E-state index is 0.00999. The van der Waals surface area contributed by atoms with Crippen molar-refractivity contribution in [3.63, 3.8) is 0 Å². The largest absolute Gasteiger partial charge is 0.334 e. The van der Waals surface area contributed by atoms with Gasteiger partial charge in [0.15, 0.2) is 9.84 Å². The van der Waals surface area contributed by atoms with Crippen molar-refractivity contribution in [2.24, 2.45) is 0 Å². The lowest BCUT2D eigenvalue weighted by molar-refractivity contribution is -0.140. The molecule has 2 saturated heterocycles. The Morgan fingerprint density at radius 1 is 1.21 bits per heavy atom. The Bertz CT molecular complexity index is 976. The number of nitrogens with zero attached hydrogens (tertiary/aromatic N) is 2. The number of amides is 4. The maximum Gasteiger partial charge on any atom is 0.325 e. The second kappa shape index (κ2) is 6.98. The number of nitrogens with one attached hydrogen (secondary N) is 1. The van der Waals surface area contributed by atoms with E-state index in [1.165, 1.54) is 0 Å². The van der Waals surface area contributed by atoms with E-state index in [1.54, 1.807) is 36.1 Å². The van der Waals surface area contributed by atoms with Crippen molar-refractivity contribution in [1.82, 2.24) is 15.1 Å². The van der Waals surface area contributed by atoms with Gasteiger partial charge in [0.1, 0.15) is 12.1 Å². The van der Waals surface area contributed by atoms with Crippen LogP contribution in [-0.2, 0) is 25.0 Å². The Morgan fingerprint density at radius 2 is 1.86 bits per heavy atom. The maximum absolute atomic E-state index is 13.0. The summed E-state index contributed by atoms with van der Waals surface area (Å²) in [4.78, 5) is 41.0. The van der Waals surface area contributed by atoms with E-state index >= 15 is 0 Å². The number of carbonyl (C=O) groups is 3. The number of rotatable bonds is 5. The van der Waals surface area contributed by atoms with E-state index in [0.717, 1.165) is 17.7 Å². The maximum atomic E-state index is 13.0. The summed E-state index contributed by atoms with van der Waals surface area (Å²) in [5.74, 6) is -0.907. The van der Waals surface area contributed by atoms with E-state index in [4.69, 9.17) is 11.6 Å². The minimum atomic E-state index is -3.15. The van der Waals surface area contributed by atoms with Crippen LogP contribution >= 0.6 is 11.6 Å². The summed E-state index contributed by atoms with van der Waals surface area (Å²) in [6.07, 6.45) is 2.02. The van der Waals surface area contributed by atoms with Gasteiger partial charge in [0.25, 0.3) is 5.91 Å². The van der Waals surface area contributed by atoms with Crippen molar-refractivity contribution in [3.05, 3.63) is 34.9 Å². The summed E-state index contributed by atoms with van der Waals surface area (Å²) in [6.45, 7) is 1.18. The zero-order chi connectivity index (χ0) is 21.0. The molecule has 10 heteroatoms. The molecule has 1 saturated carbocycles. The van der Waals surface area contributed by atoms with Gasteiger partial charge in [-0.3, -0.25) is 14.5 Å². The molecule has 1 aliphatic carbocycles. The van der Waals surface area contributed by atoms with Gasteiger partial charge in [0.05, 0.1) is 11.5 Å². The molecule has 3 aliphatic rings. The first-order chi connectivity index (χ1) is 13.6. The molecule has 4 rings (SSSR count). The highest BCUT2D eigenvalue weighted by Crippen LogP contribution is 2.34. The van der Waals surface area contributed by atoms with Gasteiger partial charge < -0.3 is 10.2 Å². The third-order valence-corrected chi connectivity index (χ3v) is 7.82. The zero-order valence-electron chi connectivity index (χ0n) is 15.9. The SMILES string of the molecule is C[C@@]1(c2ccc(Cl)cc2)NC(=O)N(CC(=O)N(C2CC2)[C@@H]2CCS(=O)(=O)C2)C1=O. The number of urea groups is 1. The average molecular weight is 440 g/mol. The molecule has 29 heavy (non-hydrogen) atoms. The molecule has 0 radical (unpaired) electrons. The number of hydrogen-bond donors (Lipinski definition) is 1. The van der Waals surface area contributed by atoms with E-state index in [9.17, 15) is 22.8 Å². The Kier molecular flexibility index (Phi) is 4.85. The van der Waals surface area contributed by atoms with Gasteiger partial charge in [-0.25, -0.2) is 13.2 Å². The van der Waals surface area contributed by atoms with Gasteiger partial charge >= 0.3 is 6.03 Å². The molecule has 0 bridgehead atoms. The molecule has 1 N–H and O–H groups in total. The Hall–Kier alpha value is -2.13. The Morgan fingerprint density at radius 3 is 2.41 bits per heavy atom. The van der Waals surface area contributed by atoms with E-state index in [2.05, 4.69) is 5.32 Å². The first kappa shape index (κ1) is 20.2. The topological polar surface area (TPSA) is 104 Å². The third kappa shape index (κ3) is 3.73. The highest BCUT2D eigenvalue weighted by Gasteiger charge is 2.51. The molecule has 3 fully saturated rings. The molecule has 2 heterocycles. The van der Waals surface area contributed by atoms with Gasteiger partial charge in [-0.2, -0.15) is 0 Å². The lowest BCUT2D eigenvalue weighted by Gasteiger charge is -2.30. The molecule has 156 valence electrons. The van der Waals surface area contributed by atoms with Crippen molar-refractivity contribution in [2.45, 2.75) is 43.8 Å². The van der Waals surface area contributed by atoms with Gasteiger partial charge in [0, 0.05) is 17.1 Å². The van der Waals surface area contributed by atoms with Crippen molar-refractivity contribution in [2.75, 3.05) is 18.1 Å². The minimum Gasteiger partial charge on any atom is -0.334 e. The average Bonchev–Trinajstić information content (AvgIpc) is 3.37. The molecule has 8 nitrogen and oxygen atoms in total. The fourth-order valence-electron chi connectivity index (χ4n) is 4.09. The first-order valence-corrected chi connectivity index (χ1v) is 11.7. The van der Waals surface area contributed by atoms with Crippen LogP contribution < -0.4 is 5.32 Å². The van der Waals surface area contributed by atoms with Gasteiger partial charge in [-0.1, -0.05) is 23.7 Å². The van der Waals surface area contributed by atoms with Crippen LogP contribution in [0, 0.1) is 0 Å². The summed E-state index contributed by atoms with van der Waals surface area (Å²) < 4.78 is 23.7. The van der Waals surface area contributed by atoms with Crippen molar-refractivity contribution < 1.29 is 22.8 Å². The van der Waals surface area contributed by atoms with Crippen LogP contribution in [-0.4, -0.2) is 66.2 Å². The first-order valence-electron chi connectivity index (χ1n) is 9.52. The Labute approximate surface area is 174 Å². The van der Waals surface area contributed by atoms with Crippen molar-refractivity contribution >= 4 is 39.3 Å². The summed E-state index contributed by atoms with van der Waals surface area (Å²) in [7, 11) is -3.15. The van der Waals surface area contributed by atoms with Crippen LogP contribution in [0.1, 0.15) is 31.7 Å². The molecule has 0 aromatic heterocycles. The summed E-state index contributed by atoms with van der Waals surface area (Å²) in [6, 6.07) is 5.54. The normalized spacial score (nSPS) is 28.5. The van der Waals surface area contributed by atoms with Crippen LogP contribution in [0.15, 0.2) is 24.3 Å². The number of carbonyl (C=O) groups excluding carboxylic acids is 3. The van der Waals surface area contributed by atoms with Crippen LogP contribution in [0.2, 0.25) is 5.02 Å². The van der Waals surface area contributed by atoms with Crippen molar-refractivity contribution in [1.29, 1.82) is 0 Å².